The molecule has 0 unspecified atom stereocenters. The average Bonchev–Trinajstić information content (AvgIpc) is 2.65. The number of nitrogens with zero attached hydrogens (tertiary/aromatic N) is 1. The van der Waals surface area contributed by atoms with Gasteiger partial charge in [-0.3, -0.25) is 4.79 Å². The van der Waals surface area contributed by atoms with E-state index in [9.17, 15) is 13.2 Å². The van der Waals surface area contributed by atoms with E-state index in [1.54, 1.807) is 0 Å². The van der Waals surface area contributed by atoms with Gasteiger partial charge < -0.3 is 10.2 Å². The number of anilines is 2. The highest BCUT2D eigenvalue weighted by molar-refractivity contribution is 7.89. The fourth-order valence-corrected chi connectivity index (χ4v) is 3.47. The molecule has 0 aliphatic rings. The summed E-state index contributed by atoms with van der Waals surface area (Å²) in [6, 6.07) is 19.8. The molecule has 0 aromatic heterocycles. The molecular weight excluding hydrogens is 362 g/mol. The molecule has 0 atom stereocenters. The Kier molecular flexibility index (Phi) is 5.43. The number of sulfonamides is 1. The molecule has 1 amide bonds. The van der Waals surface area contributed by atoms with Crippen molar-refractivity contribution in [3.05, 3.63) is 66.7 Å². The molecule has 0 radical (unpaired) electrons. The lowest BCUT2D eigenvalue weighted by Gasteiger charge is -2.24. The van der Waals surface area contributed by atoms with Gasteiger partial charge in [0.25, 0.3) is 0 Å². The zero-order valence-corrected chi connectivity index (χ0v) is 15.7. The monoisotopic (exact) mass is 383 g/mol. The Morgan fingerprint density at radius 3 is 2.33 bits per heavy atom. The zero-order valence-electron chi connectivity index (χ0n) is 14.9. The van der Waals surface area contributed by atoms with E-state index in [1.165, 1.54) is 24.3 Å². The first kappa shape index (κ1) is 18.9. The minimum absolute atomic E-state index is 0.00596. The number of likely N-dealkylation sites (N-methyl/N-ethyl adjacent to an activating group) is 1. The number of rotatable bonds is 6. The highest BCUT2D eigenvalue weighted by Crippen LogP contribution is 2.26. The van der Waals surface area contributed by atoms with Gasteiger partial charge in [0.1, 0.15) is 0 Å². The predicted octanol–water partition coefficient (Wildman–Crippen LogP) is 2.95. The molecule has 3 rings (SSSR count). The van der Waals surface area contributed by atoms with Gasteiger partial charge in [0.05, 0.1) is 11.4 Å². The van der Waals surface area contributed by atoms with Crippen molar-refractivity contribution in [1.29, 1.82) is 0 Å². The van der Waals surface area contributed by atoms with Crippen molar-refractivity contribution >= 4 is 38.1 Å². The van der Waals surface area contributed by atoms with Crippen LogP contribution in [0.4, 0.5) is 11.4 Å². The Morgan fingerprint density at radius 1 is 1.00 bits per heavy atom. The number of hydrogen-bond donors (Lipinski definition) is 2. The molecule has 0 aliphatic heterocycles. The summed E-state index contributed by atoms with van der Waals surface area (Å²) in [5.74, 6) is -0.187. The molecule has 0 spiro atoms. The number of carbonyl (C=O) groups is 1. The van der Waals surface area contributed by atoms with Crippen molar-refractivity contribution in [2.24, 2.45) is 5.14 Å². The Bertz CT molecular complexity index is 1060. The van der Waals surface area contributed by atoms with Crippen LogP contribution in [-0.2, 0) is 14.8 Å². The largest absolute Gasteiger partial charge is 0.362 e. The normalized spacial score (nSPS) is 11.3. The smallest absolute Gasteiger partial charge is 0.243 e. The minimum atomic E-state index is -3.75. The summed E-state index contributed by atoms with van der Waals surface area (Å²) < 4.78 is 22.6. The van der Waals surface area contributed by atoms with Crippen LogP contribution in [0.2, 0.25) is 0 Å². The molecule has 0 aliphatic carbocycles. The fourth-order valence-electron chi connectivity index (χ4n) is 2.95. The number of nitrogens with two attached hydrogens (primary N) is 1. The number of nitrogens with one attached hydrogen (secondary N) is 1. The first-order valence-corrected chi connectivity index (χ1v) is 10.1. The van der Waals surface area contributed by atoms with E-state index in [2.05, 4.69) is 5.32 Å². The van der Waals surface area contributed by atoms with E-state index in [0.29, 0.717) is 12.2 Å². The summed E-state index contributed by atoms with van der Waals surface area (Å²) in [5.41, 5.74) is 1.51. The number of benzene rings is 3. The van der Waals surface area contributed by atoms with Crippen LogP contribution in [-0.4, -0.2) is 27.4 Å². The standard InChI is InChI=1S/C20H21N3O3S/c1-2-23(19-9-5-7-15-6-3-4-8-18(15)19)14-20(24)22-16-10-12-17(13-11-16)27(21,25)26/h3-13H,2,14H2,1H3,(H,22,24)(H2,21,25,26). The lowest BCUT2D eigenvalue weighted by molar-refractivity contribution is -0.115. The third-order valence-electron chi connectivity index (χ3n) is 4.29. The molecule has 3 N–H and O–H groups in total. The molecule has 0 saturated heterocycles. The van der Waals surface area contributed by atoms with Crippen molar-refractivity contribution < 1.29 is 13.2 Å². The molecule has 27 heavy (non-hydrogen) atoms. The van der Waals surface area contributed by atoms with Crippen LogP contribution in [0.3, 0.4) is 0 Å². The molecule has 7 heteroatoms. The number of amides is 1. The third-order valence-corrected chi connectivity index (χ3v) is 5.22. The first-order chi connectivity index (χ1) is 12.9. The summed E-state index contributed by atoms with van der Waals surface area (Å²) >= 11 is 0. The van der Waals surface area contributed by atoms with Crippen LogP contribution < -0.4 is 15.4 Å². The summed E-state index contributed by atoms with van der Waals surface area (Å²) in [5, 5.41) is 10.1. The summed E-state index contributed by atoms with van der Waals surface area (Å²) in [4.78, 5) is 14.5. The van der Waals surface area contributed by atoms with Crippen molar-refractivity contribution in [3.8, 4) is 0 Å². The first-order valence-electron chi connectivity index (χ1n) is 8.54. The molecule has 0 bridgehead atoms. The van der Waals surface area contributed by atoms with Gasteiger partial charge in [-0.15, -0.1) is 0 Å². The van der Waals surface area contributed by atoms with Gasteiger partial charge >= 0.3 is 0 Å². The molecule has 3 aromatic rings. The van der Waals surface area contributed by atoms with Crippen LogP contribution >= 0.6 is 0 Å². The SMILES string of the molecule is CCN(CC(=O)Nc1ccc(S(N)(=O)=O)cc1)c1cccc2ccccc12. The molecule has 0 heterocycles. The van der Waals surface area contributed by atoms with Crippen molar-refractivity contribution in [1.82, 2.24) is 0 Å². The van der Waals surface area contributed by atoms with E-state index in [4.69, 9.17) is 5.14 Å². The molecular formula is C20H21N3O3S. The van der Waals surface area contributed by atoms with E-state index < -0.39 is 10.0 Å². The lowest BCUT2D eigenvalue weighted by atomic mass is 10.1. The number of carbonyl (C=O) groups excluding carboxylic acids is 1. The van der Waals surface area contributed by atoms with Crippen LogP contribution in [0, 0.1) is 0 Å². The van der Waals surface area contributed by atoms with Crippen LogP contribution in [0.15, 0.2) is 71.6 Å². The highest BCUT2D eigenvalue weighted by Gasteiger charge is 2.13. The van der Waals surface area contributed by atoms with Gasteiger partial charge in [-0.05, 0) is 42.6 Å². The summed E-state index contributed by atoms with van der Waals surface area (Å²) in [6.45, 7) is 2.85. The molecule has 0 fully saturated rings. The van der Waals surface area contributed by atoms with Crippen molar-refractivity contribution in [2.45, 2.75) is 11.8 Å². The number of fused-ring (bicyclic) bond motifs is 1. The number of primary sulfonamides is 1. The van der Waals surface area contributed by atoms with Crippen LogP contribution in [0.25, 0.3) is 10.8 Å². The predicted molar refractivity (Wildman–Crippen MR) is 108 cm³/mol. The second-order valence-corrected chi connectivity index (χ2v) is 7.69. The second kappa shape index (κ2) is 7.77. The maximum absolute atomic E-state index is 12.5. The Morgan fingerprint density at radius 2 is 1.67 bits per heavy atom. The second-order valence-electron chi connectivity index (χ2n) is 6.13. The molecule has 140 valence electrons. The van der Waals surface area contributed by atoms with E-state index >= 15 is 0 Å². The fraction of sp³-hybridized carbons (Fsp3) is 0.150. The van der Waals surface area contributed by atoms with Gasteiger partial charge in [-0.2, -0.15) is 0 Å². The van der Waals surface area contributed by atoms with E-state index in [1.807, 2.05) is 54.3 Å². The van der Waals surface area contributed by atoms with Gasteiger partial charge in [-0.1, -0.05) is 36.4 Å². The number of hydrogen-bond acceptors (Lipinski definition) is 4. The quantitative estimate of drug-likeness (QED) is 0.684. The maximum Gasteiger partial charge on any atom is 0.243 e. The van der Waals surface area contributed by atoms with E-state index in [-0.39, 0.29) is 17.3 Å². The van der Waals surface area contributed by atoms with E-state index in [0.717, 1.165) is 16.5 Å². The topological polar surface area (TPSA) is 92.5 Å². The maximum atomic E-state index is 12.5. The third kappa shape index (κ3) is 4.45. The Hall–Kier alpha value is -2.90. The zero-order chi connectivity index (χ0) is 19.4. The molecule has 6 nitrogen and oxygen atoms in total. The van der Waals surface area contributed by atoms with Gasteiger partial charge in [0.2, 0.25) is 15.9 Å². The molecule has 3 aromatic carbocycles. The van der Waals surface area contributed by atoms with Crippen LogP contribution in [0.1, 0.15) is 6.92 Å². The summed E-state index contributed by atoms with van der Waals surface area (Å²) in [7, 11) is -3.75. The highest BCUT2D eigenvalue weighted by atomic mass is 32.2. The van der Waals surface area contributed by atoms with Gasteiger partial charge in [0.15, 0.2) is 0 Å². The Balaban J connectivity index is 1.75. The van der Waals surface area contributed by atoms with Crippen LogP contribution in [0.5, 0.6) is 0 Å². The minimum Gasteiger partial charge on any atom is -0.362 e. The van der Waals surface area contributed by atoms with Gasteiger partial charge in [-0.25, -0.2) is 13.6 Å². The molecule has 0 saturated carbocycles. The lowest BCUT2D eigenvalue weighted by Crippen LogP contribution is -2.33. The van der Waals surface area contributed by atoms with Gasteiger partial charge in [0, 0.05) is 23.3 Å². The summed E-state index contributed by atoms with van der Waals surface area (Å²) in [6.07, 6.45) is 0. The van der Waals surface area contributed by atoms with Crippen molar-refractivity contribution in [2.75, 3.05) is 23.3 Å². The Labute approximate surface area is 158 Å². The average molecular weight is 383 g/mol. The van der Waals surface area contributed by atoms with Crippen molar-refractivity contribution in [3.63, 3.8) is 0 Å².